The van der Waals surface area contributed by atoms with Gasteiger partial charge in [-0.3, -0.25) is 30.3 Å². The van der Waals surface area contributed by atoms with Gasteiger partial charge in [0.1, 0.15) is 5.69 Å². The molecule has 0 unspecified atom stereocenters. The number of hydrogen-bond acceptors (Lipinski definition) is 6. The Labute approximate surface area is 116 Å². The molecule has 2 aromatic rings. The first-order valence-corrected chi connectivity index (χ1v) is 5.65. The van der Waals surface area contributed by atoms with Crippen molar-refractivity contribution in [3.8, 4) is 0 Å². The lowest BCUT2D eigenvalue weighted by Crippen LogP contribution is -2.31. The molecular weight excluding hydrogens is 285 g/mol. The number of hydrogen-bond donors (Lipinski definition) is 3. The molecule has 0 spiro atoms. The summed E-state index contributed by atoms with van der Waals surface area (Å²) in [7, 11) is 0. The molecular formula is C11H10FN5O4. The van der Waals surface area contributed by atoms with Gasteiger partial charge in [-0.1, -0.05) is 6.07 Å². The summed E-state index contributed by atoms with van der Waals surface area (Å²) in [5.74, 6) is 4.03. The van der Waals surface area contributed by atoms with Crippen LogP contribution in [0.2, 0.25) is 0 Å². The van der Waals surface area contributed by atoms with Crippen LogP contribution in [0.1, 0.15) is 5.56 Å². The van der Waals surface area contributed by atoms with E-state index in [9.17, 15) is 24.1 Å². The highest BCUT2D eigenvalue weighted by atomic mass is 19.1. The highest BCUT2D eigenvalue weighted by Crippen LogP contribution is 2.24. The Kier molecular flexibility index (Phi) is 3.80. The van der Waals surface area contributed by atoms with E-state index in [1.807, 2.05) is 0 Å². The zero-order chi connectivity index (χ0) is 15.6. The van der Waals surface area contributed by atoms with Crippen molar-refractivity contribution < 1.29 is 9.31 Å². The van der Waals surface area contributed by atoms with Gasteiger partial charge >= 0.3 is 5.69 Å². The topological polar surface area (TPSA) is 136 Å². The smallest absolute Gasteiger partial charge is 0.318 e. The number of anilines is 1. The molecule has 21 heavy (non-hydrogen) atoms. The summed E-state index contributed by atoms with van der Waals surface area (Å²) in [5, 5.41) is 10.9. The van der Waals surface area contributed by atoms with E-state index in [4.69, 9.17) is 5.84 Å². The Morgan fingerprint density at radius 3 is 2.76 bits per heavy atom. The van der Waals surface area contributed by atoms with E-state index in [0.29, 0.717) is 5.56 Å². The maximum Gasteiger partial charge on any atom is 0.328 e. The molecule has 0 saturated heterocycles. The number of H-pyrrole nitrogens is 1. The number of nitrogens with two attached hydrogens (primary N) is 1. The van der Waals surface area contributed by atoms with Crippen LogP contribution in [0, 0.1) is 15.9 Å². The normalized spacial score (nSPS) is 10.4. The Hall–Kier alpha value is -3.01. The molecule has 110 valence electrons. The van der Waals surface area contributed by atoms with Crippen LogP contribution in [0.15, 0.2) is 34.0 Å². The second-order valence-electron chi connectivity index (χ2n) is 4.12. The highest BCUT2D eigenvalue weighted by molar-refractivity contribution is 5.61. The monoisotopic (exact) mass is 295 g/mol. The lowest BCUT2D eigenvalue weighted by Gasteiger charge is -2.07. The fourth-order valence-electron chi connectivity index (χ4n) is 1.75. The fraction of sp³-hybridized carbons (Fsp3) is 0.0909. The number of aromatic nitrogens is 2. The second kappa shape index (κ2) is 5.54. The van der Waals surface area contributed by atoms with Gasteiger partial charge in [0.2, 0.25) is 5.82 Å². The van der Waals surface area contributed by atoms with Crippen LogP contribution < -0.4 is 22.5 Å². The number of nitro groups is 1. The van der Waals surface area contributed by atoms with E-state index in [1.165, 1.54) is 18.2 Å². The van der Waals surface area contributed by atoms with Gasteiger partial charge in [0, 0.05) is 6.07 Å². The molecule has 2 rings (SSSR count). The van der Waals surface area contributed by atoms with Crippen LogP contribution in [0.3, 0.4) is 0 Å². The van der Waals surface area contributed by atoms with Gasteiger partial charge in [0.15, 0.2) is 0 Å². The number of aromatic amines is 1. The number of hydrazine groups is 1. The quantitative estimate of drug-likeness (QED) is 0.410. The predicted octanol–water partition coefficient (Wildman–Crippen LogP) is -0.0822. The summed E-state index contributed by atoms with van der Waals surface area (Å²) in [4.78, 5) is 34.5. The summed E-state index contributed by atoms with van der Waals surface area (Å²) in [6.45, 7) is -0.141. The standard InChI is InChI=1S/C11H10FN5O4/c12-7-5-16(11(19)14-10(7)18)4-6-1-2-8(15-13)9(3-6)17(20)21/h1-3,5,15H,4,13H2,(H,14,18,19). The maximum absolute atomic E-state index is 13.1. The van der Waals surface area contributed by atoms with Crippen LogP contribution in [0.4, 0.5) is 15.8 Å². The van der Waals surface area contributed by atoms with E-state index in [-0.39, 0.29) is 17.9 Å². The molecule has 1 heterocycles. The van der Waals surface area contributed by atoms with Crippen molar-refractivity contribution in [3.63, 3.8) is 0 Å². The van der Waals surface area contributed by atoms with Crippen LogP contribution in [0.5, 0.6) is 0 Å². The van der Waals surface area contributed by atoms with Crippen LogP contribution in [-0.4, -0.2) is 14.5 Å². The third-order valence-corrected chi connectivity index (χ3v) is 2.73. The van der Waals surface area contributed by atoms with Crippen molar-refractivity contribution in [3.05, 3.63) is 66.7 Å². The lowest BCUT2D eigenvalue weighted by molar-refractivity contribution is -0.384. The Balaban J connectivity index is 2.43. The van der Waals surface area contributed by atoms with E-state index in [2.05, 4.69) is 5.43 Å². The first-order chi connectivity index (χ1) is 9.92. The van der Waals surface area contributed by atoms with Crippen molar-refractivity contribution in [2.75, 3.05) is 5.43 Å². The third-order valence-electron chi connectivity index (χ3n) is 2.73. The van der Waals surface area contributed by atoms with Crippen molar-refractivity contribution in [1.82, 2.24) is 9.55 Å². The number of nitro benzene ring substituents is 1. The van der Waals surface area contributed by atoms with Crippen molar-refractivity contribution in [2.45, 2.75) is 6.54 Å². The molecule has 0 fully saturated rings. The Morgan fingerprint density at radius 1 is 1.43 bits per heavy atom. The molecule has 0 aliphatic carbocycles. The molecule has 0 aliphatic rings. The zero-order valence-corrected chi connectivity index (χ0v) is 10.5. The molecule has 1 aromatic carbocycles. The van der Waals surface area contributed by atoms with Gasteiger partial charge in [-0.15, -0.1) is 0 Å². The summed E-state index contributed by atoms with van der Waals surface area (Å²) < 4.78 is 14.0. The first-order valence-electron chi connectivity index (χ1n) is 5.65. The number of nitrogens with zero attached hydrogens (tertiary/aromatic N) is 2. The van der Waals surface area contributed by atoms with E-state index in [0.717, 1.165) is 10.8 Å². The molecule has 0 saturated carbocycles. The zero-order valence-electron chi connectivity index (χ0n) is 10.5. The predicted molar refractivity (Wildman–Crippen MR) is 71.3 cm³/mol. The Morgan fingerprint density at radius 2 is 2.14 bits per heavy atom. The van der Waals surface area contributed by atoms with Gasteiger partial charge in [0.25, 0.3) is 11.2 Å². The van der Waals surface area contributed by atoms with Gasteiger partial charge < -0.3 is 5.43 Å². The SMILES string of the molecule is NNc1ccc(Cn2cc(F)c(=O)[nH]c2=O)cc1[N+](=O)[O-]. The number of benzene rings is 1. The van der Waals surface area contributed by atoms with Crippen molar-refractivity contribution in [2.24, 2.45) is 5.84 Å². The molecule has 9 nitrogen and oxygen atoms in total. The minimum absolute atomic E-state index is 0.101. The number of nitrogen functional groups attached to an aromatic ring is 1. The molecule has 0 radical (unpaired) electrons. The molecule has 0 bridgehead atoms. The summed E-state index contributed by atoms with van der Waals surface area (Å²) in [5.41, 5.74) is 0.429. The molecule has 0 atom stereocenters. The van der Waals surface area contributed by atoms with Crippen LogP contribution in [-0.2, 0) is 6.54 Å². The lowest BCUT2D eigenvalue weighted by atomic mass is 10.1. The van der Waals surface area contributed by atoms with E-state index >= 15 is 0 Å². The largest absolute Gasteiger partial charge is 0.328 e. The Bertz CT molecular complexity index is 813. The number of halogens is 1. The number of nitrogens with one attached hydrogen (secondary N) is 2. The fourth-order valence-corrected chi connectivity index (χ4v) is 1.75. The average molecular weight is 295 g/mol. The van der Waals surface area contributed by atoms with Crippen molar-refractivity contribution in [1.29, 1.82) is 0 Å². The van der Waals surface area contributed by atoms with Crippen LogP contribution in [0.25, 0.3) is 0 Å². The average Bonchev–Trinajstić information content (AvgIpc) is 2.44. The van der Waals surface area contributed by atoms with Crippen molar-refractivity contribution >= 4 is 11.4 Å². The summed E-state index contributed by atoms with van der Waals surface area (Å²) in [6.07, 6.45) is 0.738. The molecule has 4 N–H and O–H groups in total. The van der Waals surface area contributed by atoms with E-state index < -0.39 is 22.0 Å². The van der Waals surface area contributed by atoms with Gasteiger partial charge in [-0.25, -0.2) is 4.79 Å². The minimum atomic E-state index is -1.12. The summed E-state index contributed by atoms with van der Waals surface area (Å²) in [6, 6.07) is 4.04. The van der Waals surface area contributed by atoms with Gasteiger partial charge in [0.05, 0.1) is 17.7 Å². The number of rotatable bonds is 4. The second-order valence-corrected chi connectivity index (χ2v) is 4.12. The highest BCUT2D eigenvalue weighted by Gasteiger charge is 2.14. The van der Waals surface area contributed by atoms with E-state index in [1.54, 1.807) is 4.98 Å². The van der Waals surface area contributed by atoms with Gasteiger partial charge in [-0.2, -0.15) is 4.39 Å². The maximum atomic E-state index is 13.1. The molecule has 0 aliphatic heterocycles. The minimum Gasteiger partial charge on any atom is -0.318 e. The third kappa shape index (κ3) is 2.95. The molecule has 1 aromatic heterocycles. The molecule has 0 amide bonds. The van der Waals surface area contributed by atoms with Gasteiger partial charge in [-0.05, 0) is 11.6 Å². The van der Waals surface area contributed by atoms with Crippen LogP contribution >= 0.6 is 0 Å². The summed E-state index contributed by atoms with van der Waals surface area (Å²) >= 11 is 0. The molecule has 10 heteroatoms. The first kappa shape index (κ1) is 14.4.